The quantitative estimate of drug-likeness (QED) is 0.343. The van der Waals surface area contributed by atoms with Crippen LogP contribution in [-0.4, -0.2) is 34.5 Å². The minimum atomic E-state index is -4.12. The normalized spacial score (nSPS) is 11.7. The average Bonchev–Trinajstić information content (AvgIpc) is 3.33. The lowest BCUT2D eigenvalue weighted by molar-refractivity contribution is 0.102. The van der Waals surface area contributed by atoms with Crippen LogP contribution in [0.15, 0.2) is 52.2 Å². The maximum absolute atomic E-state index is 12.8. The lowest BCUT2D eigenvalue weighted by Crippen LogP contribution is -2.18. The molecule has 1 amide bonds. The fraction of sp³-hybridized carbons (Fsp3) is 0.0588. The molecule has 14 heteroatoms. The molecule has 0 saturated heterocycles. The van der Waals surface area contributed by atoms with Gasteiger partial charge in [-0.15, -0.1) is 10.2 Å². The van der Waals surface area contributed by atoms with Crippen molar-refractivity contribution in [1.29, 1.82) is 0 Å². The number of imidazole rings is 1. The first kappa shape index (κ1) is 20.6. The summed E-state index contributed by atoms with van der Waals surface area (Å²) in [5, 5.41) is 8.36. The molecule has 2 aromatic heterocycles. The molecule has 0 aliphatic rings. The summed E-state index contributed by atoms with van der Waals surface area (Å²) in [6.07, 6.45) is -2.82. The van der Waals surface area contributed by atoms with Gasteiger partial charge in [-0.2, -0.15) is 0 Å². The van der Waals surface area contributed by atoms with Gasteiger partial charge in [-0.05, 0) is 30.3 Å². The fourth-order valence-corrected chi connectivity index (χ4v) is 4.39. The molecular weight excluding hydrogens is 454 g/mol. The summed E-state index contributed by atoms with van der Waals surface area (Å²) < 4.78 is 53.2. The number of aromatic nitrogens is 4. The van der Waals surface area contributed by atoms with E-state index in [1.54, 1.807) is 0 Å². The van der Waals surface area contributed by atoms with E-state index in [9.17, 15) is 26.8 Å². The van der Waals surface area contributed by atoms with Crippen LogP contribution in [0.25, 0.3) is 11.0 Å². The molecule has 2 aromatic carbocycles. The van der Waals surface area contributed by atoms with Crippen LogP contribution in [-0.2, 0) is 10.0 Å². The second kappa shape index (κ2) is 7.88. The Bertz CT molecular complexity index is 1440. The summed E-state index contributed by atoms with van der Waals surface area (Å²) >= 11 is 0.508. The topological polar surface area (TPSA) is 150 Å². The molecule has 4 rings (SSSR count). The van der Waals surface area contributed by atoms with E-state index in [0.29, 0.717) is 22.4 Å². The first-order chi connectivity index (χ1) is 14.7. The number of anilines is 2. The number of nitrogens with zero attached hydrogens (tertiary/aromatic N) is 2. The number of hydrogen-bond acceptors (Lipinski definition) is 7. The van der Waals surface area contributed by atoms with Gasteiger partial charge in [0.25, 0.3) is 22.4 Å². The molecule has 0 radical (unpaired) electrons. The molecule has 0 saturated carbocycles. The van der Waals surface area contributed by atoms with E-state index in [4.69, 9.17) is 0 Å². The Balaban J connectivity index is 1.60. The average molecular weight is 466 g/mol. The number of benzene rings is 2. The highest BCUT2D eigenvalue weighted by Gasteiger charge is 2.21. The minimum absolute atomic E-state index is 0.0405. The zero-order valence-electron chi connectivity index (χ0n) is 15.2. The third kappa shape index (κ3) is 4.29. The number of halogens is 2. The molecule has 0 aliphatic carbocycles. The van der Waals surface area contributed by atoms with Crippen molar-refractivity contribution in [2.75, 3.05) is 10.0 Å². The van der Waals surface area contributed by atoms with Gasteiger partial charge in [0.15, 0.2) is 5.01 Å². The molecule has 0 fully saturated rings. The number of sulfonamides is 1. The van der Waals surface area contributed by atoms with Gasteiger partial charge in [0.1, 0.15) is 0 Å². The Morgan fingerprint density at radius 3 is 2.55 bits per heavy atom. The van der Waals surface area contributed by atoms with Crippen LogP contribution >= 0.6 is 11.3 Å². The van der Waals surface area contributed by atoms with Crippen molar-refractivity contribution in [2.45, 2.75) is 11.3 Å². The molecule has 10 nitrogen and oxygen atoms in total. The number of alkyl halides is 2. The minimum Gasteiger partial charge on any atom is -0.306 e. The molecule has 0 atom stereocenters. The van der Waals surface area contributed by atoms with Crippen LogP contribution in [0.2, 0.25) is 0 Å². The summed E-state index contributed by atoms with van der Waals surface area (Å²) in [5.74, 6) is -0.763. The first-order valence-corrected chi connectivity index (χ1v) is 10.8. The Hall–Kier alpha value is -3.65. The van der Waals surface area contributed by atoms with Crippen LogP contribution in [0.5, 0.6) is 0 Å². The lowest BCUT2D eigenvalue weighted by Gasteiger charge is -2.12. The number of H-pyrrole nitrogens is 2. The number of para-hydroxylation sites is 1. The van der Waals surface area contributed by atoms with Crippen molar-refractivity contribution in [1.82, 2.24) is 20.2 Å². The predicted molar refractivity (Wildman–Crippen MR) is 109 cm³/mol. The van der Waals surface area contributed by atoms with Gasteiger partial charge in [-0.3, -0.25) is 14.8 Å². The van der Waals surface area contributed by atoms with E-state index >= 15 is 0 Å². The second-order valence-electron chi connectivity index (χ2n) is 6.14. The molecule has 4 N–H and O–H groups in total. The summed E-state index contributed by atoms with van der Waals surface area (Å²) in [4.78, 5) is 28.8. The fourth-order valence-electron chi connectivity index (χ4n) is 2.69. The number of rotatable bonds is 6. The van der Waals surface area contributed by atoms with Crippen molar-refractivity contribution in [2.24, 2.45) is 0 Å². The molecule has 0 aliphatic heterocycles. The predicted octanol–water partition coefficient (Wildman–Crippen LogP) is 2.70. The van der Waals surface area contributed by atoms with Crippen molar-refractivity contribution in [3.05, 3.63) is 63.5 Å². The van der Waals surface area contributed by atoms with Crippen LogP contribution in [0.3, 0.4) is 0 Å². The van der Waals surface area contributed by atoms with Crippen LogP contribution in [0.1, 0.15) is 21.8 Å². The molecule has 4 aromatic rings. The number of nitrogens with one attached hydrogen (secondary N) is 4. The van der Waals surface area contributed by atoms with Crippen LogP contribution < -0.4 is 15.7 Å². The summed E-state index contributed by atoms with van der Waals surface area (Å²) in [7, 11) is -4.12. The van der Waals surface area contributed by atoms with E-state index in [2.05, 4.69) is 30.2 Å². The molecule has 0 bridgehead atoms. The molecule has 2 heterocycles. The number of hydrogen-bond donors (Lipinski definition) is 4. The van der Waals surface area contributed by atoms with Crippen LogP contribution in [0.4, 0.5) is 19.6 Å². The zero-order valence-corrected chi connectivity index (χ0v) is 16.9. The molecular formula is C17H12F2N6O4S2. The van der Waals surface area contributed by atoms with E-state index in [-0.39, 0.29) is 21.3 Å². The van der Waals surface area contributed by atoms with Crippen LogP contribution in [0, 0.1) is 0 Å². The van der Waals surface area contributed by atoms with Gasteiger partial charge in [-0.25, -0.2) is 22.0 Å². The maximum Gasteiger partial charge on any atom is 0.323 e. The Morgan fingerprint density at radius 2 is 1.81 bits per heavy atom. The van der Waals surface area contributed by atoms with Gasteiger partial charge < -0.3 is 9.97 Å². The van der Waals surface area contributed by atoms with E-state index in [0.717, 1.165) is 0 Å². The lowest BCUT2D eigenvalue weighted by atomic mass is 10.2. The highest BCUT2D eigenvalue weighted by atomic mass is 32.2. The number of aromatic amines is 2. The monoisotopic (exact) mass is 466 g/mol. The summed E-state index contributed by atoms with van der Waals surface area (Å²) in [6, 6.07) is 9.74. The highest BCUT2D eigenvalue weighted by Crippen LogP contribution is 2.27. The highest BCUT2D eigenvalue weighted by molar-refractivity contribution is 7.92. The first-order valence-electron chi connectivity index (χ1n) is 8.50. The van der Waals surface area contributed by atoms with Crippen molar-refractivity contribution < 1.29 is 22.0 Å². The molecule has 160 valence electrons. The SMILES string of the molecule is O=C(Nc1nnc(C(F)F)s1)c1ccccc1NS(=O)(=O)c1ccc2[nH]c(=O)[nH]c2c1. The Labute approximate surface area is 176 Å². The maximum atomic E-state index is 12.8. The Morgan fingerprint density at radius 1 is 1.06 bits per heavy atom. The molecule has 31 heavy (non-hydrogen) atoms. The Kier molecular flexibility index (Phi) is 5.24. The largest absolute Gasteiger partial charge is 0.323 e. The summed E-state index contributed by atoms with van der Waals surface area (Å²) in [6.45, 7) is 0. The van der Waals surface area contributed by atoms with Gasteiger partial charge in [0.05, 0.1) is 27.2 Å². The van der Waals surface area contributed by atoms with Gasteiger partial charge >= 0.3 is 5.69 Å². The molecule has 0 spiro atoms. The number of amides is 1. The van der Waals surface area contributed by atoms with Crippen molar-refractivity contribution in [3.63, 3.8) is 0 Å². The van der Waals surface area contributed by atoms with Gasteiger partial charge in [0, 0.05) is 0 Å². The van der Waals surface area contributed by atoms with Crippen molar-refractivity contribution >= 4 is 49.1 Å². The number of fused-ring (bicyclic) bond motifs is 1. The third-order valence-electron chi connectivity index (χ3n) is 4.06. The number of carbonyl (C=O) groups excluding carboxylic acids is 1. The number of carbonyl (C=O) groups is 1. The van der Waals surface area contributed by atoms with Gasteiger partial charge in [0.2, 0.25) is 5.13 Å². The van der Waals surface area contributed by atoms with Gasteiger partial charge in [-0.1, -0.05) is 23.5 Å². The van der Waals surface area contributed by atoms with E-state index in [1.165, 1.54) is 42.5 Å². The summed E-state index contributed by atoms with van der Waals surface area (Å²) in [5.41, 5.74) is 0.150. The standard InChI is InChI=1S/C17H12F2N6O4S2/c18-13(19)15-23-24-17(30-15)22-14(26)9-3-1-2-4-10(9)25-31(28,29)8-5-6-11-12(7-8)21-16(27)20-11/h1-7,13,25H,(H2,20,21,27)(H,22,24,26). The smallest absolute Gasteiger partial charge is 0.306 e. The van der Waals surface area contributed by atoms with E-state index < -0.39 is 33.1 Å². The second-order valence-corrected chi connectivity index (χ2v) is 8.83. The van der Waals surface area contributed by atoms with E-state index in [1.807, 2.05) is 0 Å². The molecule has 0 unspecified atom stereocenters. The zero-order chi connectivity index (χ0) is 22.2. The third-order valence-corrected chi connectivity index (χ3v) is 6.27. The van der Waals surface area contributed by atoms with Crippen molar-refractivity contribution in [3.8, 4) is 0 Å².